The summed E-state index contributed by atoms with van der Waals surface area (Å²) in [4.78, 5) is 24.4. The molecule has 0 bridgehead atoms. The van der Waals surface area contributed by atoms with Gasteiger partial charge in [0.05, 0.1) is 26.0 Å². The SMILES string of the molecule is COC(=O)/C=C(/Nc1ccc(N(C)C)c(F)c1)C(=O)OC. The van der Waals surface area contributed by atoms with Crippen molar-refractivity contribution in [2.45, 2.75) is 0 Å². The molecule has 0 saturated carbocycles. The topological polar surface area (TPSA) is 67.9 Å². The number of ether oxygens (including phenoxy) is 2. The average molecular weight is 296 g/mol. The number of carbonyl (C=O) groups excluding carboxylic acids is 2. The fourth-order valence-corrected chi connectivity index (χ4v) is 1.54. The Hall–Kier alpha value is -2.57. The van der Waals surface area contributed by atoms with Gasteiger partial charge in [-0.2, -0.15) is 0 Å². The number of esters is 2. The van der Waals surface area contributed by atoms with Crippen LogP contribution in [0.15, 0.2) is 30.0 Å². The summed E-state index contributed by atoms with van der Waals surface area (Å²) in [5, 5.41) is 2.63. The molecule has 0 fully saturated rings. The van der Waals surface area contributed by atoms with Gasteiger partial charge < -0.3 is 19.7 Å². The van der Waals surface area contributed by atoms with Gasteiger partial charge in [-0.25, -0.2) is 14.0 Å². The molecule has 0 aliphatic heterocycles. The van der Waals surface area contributed by atoms with Crippen LogP contribution in [0.2, 0.25) is 0 Å². The predicted octanol–water partition coefficient (Wildman–Crippen LogP) is 1.53. The van der Waals surface area contributed by atoms with Crippen LogP contribution in [-0.2, 0) is 19.1 Å². The molecule has 1 aromatic rings. The number of carbonyl (C=O) groups is 2. The van der Waals surface area contributed by atoms with Crippen LogP contribution in [-0.4, -0.2) is 40.3 Å². The van der Waals surface area contributed by atoms with Crippen LogP contribution < -0.4 is 10.2 Å². The van der Waals surface area contributed by atoms with Crippen molar-refractivity contribution in [1.82, 2.24) is 0 Å². The summed E-state index contributed by atoms with van der Waals surface area (Å²) in [6.45, 7) is 0. The Bertz CT molecular complexity index is 570. The number of nitrogens with zero attached hydrogens (tertiary/aromatic N) is 1. The van der Waals surface area contributed by atoms with Gasteiger partial charge in [-0.05, 0) is 18.2 Å². The normalized spacial score (nSPS) is 10.8. The molecule has 0 unspecified atom stereocenters. The second-order valence-electron chi connectivity index (χ2n) is 4.26. The third-order valence-corrected chi connectivity index (χ3v) is 2.58. The van der Waals surface area contributed by atoms with E-state index >= 15 is 0 Å². The molecule has 1 aromatic carbocycles. The zero-order chi connectivity index (χ0) is 16.0. The van der Waals surface area contributed by atoms with Gasteiger partial charge in [0, 0.05) is 19.8 Å². The average Bonchev–Trinajstić information content (AvgIpc) is 2.45. The molecule has 0 spiro atoms. The summed E-state index contributed by atoms with van der Waals surface area (Å²) >= 11 is 0. The summed E-state index contributed by atoms with van der Waals surface area (Å²) < 4.78 is 22.8. The van der Waals surface area contributed by atoms with Crippen LogP contribution in [0.5, 0.6) is 0 Å². The van der Waals surface area contributed by atoms with E-state index in [2.05, 4.69) is 14.8 Å². The molecule has 7 heteroatoms. The largest absolute Gasteiger partial charge is 0.466 e. The molecule has 0 atom stereocenters. The summed E-state index contributed by atoms with van der Waals surface area (Å²) in [7, 11) is 5.77. The first-order chi connectivity index (χ1) is 9.88. The van der Waals surface area contributed by atoms with Crippen LogP contribution in [0.4, 0.5) is 15.8 Å². The van der Waals surface area contributed by atoms with E-state index in [9.17, 15) is 14.0 Å². The molecule has 0 saturated heterocycles. The first kappa shape index (κ1) is 16.5. The van der Waals surface area contributed by atoms with Crippen LogP contribution >= 0.6 is 0 Å². The van der Waals surface area contributed by atoms with Crippen molar-refractivity contribution in [1.29, 1.82) is 0 Å². The molecule has 0 aliphatic rings. The van der Waals surface area contributed by atoms with Gasteiger partial charge in [0.2, 0.25) is 0 Å². The van der Waals surface area contributed by atoms with Crippen LogP contribution in [0.3, 0.4) is 0 Å². The van der Waals surface area contributed by atoms with Gasteiger partial charge in [-0.3, -0.25) is 0 Å². The summed E-state index contributed by atoms with van der Waals surface area (Å²) in [6, 6.07) is 4.33. The Morgan fingerprint density at radius 1 is 1.24 bits per heavy atom. The second kappa shape index (κ2) is 7.28. The molecular weight excluding hydrogens is 279 g/mol. The lowest BCUT2D eigenvalue weighted by atomic mass is 10.2. The van der Waals surface area contributed by atoms with Crippen molar-refractivity contribution in [2.75, 3.05) is 38.5 Å². The zero-order valence-electron chi connectivity index (χ0n) is 12.3. The molecule has 6 nitrogen and oxygen atoms in total. The smallest absolute Gasteiger partial charge is 0.354 e. The minimum Gasteiger partial charge on any atom is -0.466 e. The molecule has 0 heterocycles. The minimum absolute atomic E-state index is 0.152. The van der Waals surface area contributed by atoms with E-state index < -0.39 is 17.8 Å². The third-order valence-electron chi connectivity index (χ3n) is 2.58. The number of halogens is 1. The molecule has 0 amide bonds. The van der Waals surface area contributed by atoms with Crippen molar-refractivity contribution < 1.29 is 23.5 Å². The van der Waals surface area contributed by atoms with Crippen molar-refractivity contribution in [3.05, 3.63) is 35.8 Å². The molecule has 0 aromatic heterocycles. The second-order valence-corrected chi connectivity index (χ2v) is 4.26. The summed E-state index contributed by atoms with van der Waals surface area (Å²) in [5.41, 5.74) is 0.553. The number of rotatable bonds is 5. The van der Waals surface area contributed by atoms with Gasteiger partial charge in [0.1, 0.15) is 11.5 Å². The molecule has 114 valence electrons. The van der Waals surface area contributed by atoms with Crippen molar-refractivity contribution >= 4 is 23.3 Å². The van der Waals surface area contributed by atoms with E-state index in [0.717, 1.165) is 6.08 Å². The quantitative estimate of drug-likeness (QED) is 0.656. The third kappa shape index (κ3) is 4.48. The maximum Gasteiger partial charge on any atom is 0.354 e. The summed E-state index contributed by atoms with van der Waals surface area (Å²) in [6.07, 6.45) is 0.934. The molecule has 0 radical (unpaired) electrons. The van der Waals surface area contributed by atoms with Gasteiger partial charge in [0.15, 0.2) is 0 Å². The Balaban J connectivity index is 3.04. The maximum absolute atomic E-state index is 13.9. The van der Waals surface area contributed by atoms with Crippen molar-refractivity contribution in [3.63, 3.8) is 0 Å². The standard InChI is InChI=1S/C14H17FN2O4/c1-17(2)12-6-5-9(7-10(12)15)16-11(14(19)21-4)8-13(18)20-3/h5-8,16H,1-4H3/b11-8+. The van der Waals surface area contributed by atoms with Gasteiger partial charge in [-0.15, -0.1) is 0 Å². The van der Waals surface area contributed by atoms with E-state index in [1.54, 1.807) is 31.1 Å². The molecular formula is C14H17FN2O4. The van der Waals surface area contributed by atoms with Crippen LogP contribution in [0, 0.1) is 5.82 Å². The molecule has 0 aliphatic carbocycles. The Morgan fingerprint density at radius 2 is 1.90 bits per heavy atom. The van der Waals surface area contributed by atoms with E-state index in [1.165, 1.54) is 20.3 Å². The number of hydrogen-bond donors (Lipinski definition) is 1. The molecule has 1 N–H and O–H groups in total. The Kier molecular flexibility index (Phi) is 5.71. The fourth-order valence-electron chi connectivity index (χ4n) is 1.54. The van der Waals surface area contributed by atoms with E-state index in [-0.39, 0.29) is 5.70 Å². The van der Waals surface area contributed by atoms with Crippen LogP contribution in [0.25, 0.3) is 0 Å². The first-order valence-electron chi connectivity index (χ1n) is 6.01. The number of methoxy groups -OCH3 is 2. The highest BCUT2D eigenvalue weighted by molar-refractivity contribution is 5.98. The van der Waals surface area contributed by atoms with Crippen molar-refractivity contribution in [3.8, 4) is 0 Å². The number of nitrogens with one attached hydrogen (secondary N) is 1. The Morgan fingerprint density at radius 3 is 2.38 bits per heavy atom. The molecule has 21 heavy (non-hydrogen) atoms. The molecule has 1 rings (SSSR count). The number of benzene rings is 1. The lowest BCUT2D eigenvalue weighted by Crippen LogP contribution is -2.16. The highest BCUT2D eigenvalue weighted by atomic mass is 19.1. The first-order valence-corrected chi connectivity index (χ1v) is 6.01. The van der Waals surface area contributed by atoms with E-state index in [1.807, 2.05) is 0 Å². The Labute approximate surface area is 122 Å². The lowest BCUT2D eigenvalue weighted by Gasteiger charge is -2.15. The van der Waals surface area contributed by atoms with Gasteiger partial charge in [0.25, 0.3) is 0 Å². The summed E-state index contributed by atoms with van der Waals surface area (Å²) in [5.74, 6) is -1.96. The van der Waals surface area contributed by atoms with Crippen LogP contribution in [0.1, 0.15) is 0 Å². The minimum atomic E-state index is -0.766. The van der Waals surface area contributed by atoms with Crippen molar-refractivity contribution in [2.24, 2.45) is 0 Å². The highest BCUT2D eigenvalue weighted by Crippen LogP contribution is 2.22. The number of hydrogen-bond acceptors (Lipinski definition) is 6. The van der Waals surface area contributed by atoms with Gasteiger partial charge in [-0.1, -0.05) is 0 Å². The van der Waals surface area contributed by atoms with E-state index in [0.29, 0.717) is 11.4 Å². The number of anilines is 2. The van der Waals surface area contributed by atoms with Gasteiger partial charge >= 0.3 is 11.9 Å². The lowest BCUT2D eigenvalue weighted by molar-refractivity contribution is -0.138. The maximum atomic E-state index is 13.9. The monoisotopic (exact) mass is 296 g/mol. The van der Waals surface area contributed by atoms with E-state index in [4.69, 9.17) is 0 Å². The zero-order valence-corrected chi connectivity index (χ0v) is 12.3. The fraction of sp³-hybridized carbons (Fsp3) is 0.286. The predicted molar refractivity (Wildman–Crippen MR) is 76.5 cm³/mol. The highest BCUT2D eigenvalue weighted by Gasteiger charge is 2.14.